The van der Waals surface area contributed by atoms with Crippen molar-refractivity contribution >= 4 is 5.69 Å². The average molecular weight is 257 g/mol. The number of phenolic OH excluding ortho intramolecular Hbond substituents is 1. The van der Waals surface area contributed by atoms with E-state index >= 15 is 0 Å². The Morgan fingerprint density at radius 2 is 2.05 bits per heavy atom. The zero-order valence-electron chi connectivity index (χ0n) is 10.8. The summed E-state index contributed by atoms with van der Waals surface area (Å²) in [5.41, 5.74) is 3.88. The fourth-order valence-electron chi connectivity index (χ4n) is 2.69. The first-order valence-electron chi connectivity index (χ1n) is 6.48. The summed E-state index contributed by atoms with van der Waals surface area (Å²) >= 11 is 0. The molecule has 0 aromatic heterocycles. The van der Waals surface area contributed by atoms with Crippen LogP contribution in [0.2, 0.25) is 0 Å². The summed E-state index contributed by atoms with van der Waals surface area (Å²) in [6.45, 7) is 1.95. The van der Waals surface area contributed by atoms with E-state index in [4.69, 9.17) is 0 Å². The lowest BCUT2D eigenvalue weighted by Crippen LogP contribution is -2.08. The van der Waals surface area contributed by atoms with Gasteiger partial charge in [0.15, 0.2) is 0 Å². The van der Waals surface area contributed by atoms with E-state index in [1.165, 1.54) is 6.07 Å². The maximum Gasteiger partial charge on any atom is 0.146 e. The molecule has 2 aromatic rings. The van der Waals surface area contributed by atoms with Crippen LogP contribution in [0.3, 0.4) is 0 Å². The normalized spacial score (nSPS) is 17.3. The molecule has 0 radical (unpaired) electrons. The van der Waals surface area contributed by atoms with Crippen molar-refractivity contribution < 1.29 is 9.50 Å². The smallest absolute Gasteiger partial charge is 0.146 e. The van der Waals surface area contributed by atoms with Crippen LogP contribution in [0.4, 0.5) is 10.1 Å². The fraction of sp³-hybridized carbons (Fsp3) is 0.250. The minimum absolute atomic E-state index is 0.117. The molecule has 3 rings (SSSR count). The van der Waals surface area contributed by atoms with Crippen molar-refractivity contribution in [2.75, 3.05) is 5.32 Å². The molecule has 0 spiro atoms. The zero-order chi connectivity index (χ0) is 13.4. The third kappa shape index (κ3) is 2.28. The number of aromatic hydroxyl groups is 1. The van der Waals surface area contributed by atoms with Crippen molar-refractivity contribution in [1.82, 2.24) is 0 Å². The van der Waals surface area contributed by atoms with Crippen molar-refractivity contribution in [3.8, 4) is 5.75 Å². The average Bonchev–Trinajstić information content (AvgIpc) is 2.76. The molecule has 1 aliphatic carbocycles. The second kappa shape index (κ2) is 4.57. The van der Waals surface area contributed by atoms with Crippen LogP contribution in [0.15, 0.2) is 36.4 Å². The van der Waals surface area contributed by atoms with E-state index < -0.39 is 0 Å². The van der Waals surface area contributed by atoms with Gasteiger partial charge in [-0.25, -0.2) is 4.39 Å². The first kappa shape index (κ1) is 12.0. The topological polar surface area (TPSA) is 32.3 Å². The molecule has 0 aliphatic heterocycles. The molecular formula is C16H16FNO. The largest absolute Gasteiger partial charge is 0.508 e. The van der Waals surface area contributed by atoms with Crippen LogP contribution in [0.5, 0.6) is 5.75 Å². The molecule has 1 atom stereocenters. The Morgan fingerprint density at radius 3 is 2.89 bits per heavy atom. The Balaban J connectivity index is 1.88. The molecule has 2 aromatic carbocycles. The molecule has 2 nitrogen and oxygen atoms in total. The molecule has 0 saturated heterocycles. The fourth-order valence-corrected chi connectivity index (χ4v) is 2.69. The van der Waals surface area contributed by atoms with E-state index in [0.717, 1.165) is 29.5 Å². The first-order chi connectivity index (χ1) is 9.13. The number of aryl methyl sites for hydroxylation is 2. The number of nitrogens with one attached hydrogen (secondary N) is 1. The van der Waals surface area contributed by atoms with E-state index in [-0.39, 0.29) is 11.9 Å². The lowest BCUT2D eigenvalue weighted by molar-refractivity contribution is 0.474. The van der Waals surface area contributed by atoms with Gasteiger partial charge in [0.25, 0.3) is 0 Å². The summed E-state index contributed by atoms with van der Waals surface area (Å²) in [5.74, 6) is 0.0685. The lowest BCUT2D eigenvalue weighted by atomic mass is 10.1. The third-order valence-corrected chi connectivity index (χ3v) is 3.66. The molecule has 0 bridgehead atoms. The van der Waals surface area contributed by atoms with Crippen molar-refractivity contribution in [2.45, 2.75) is 25.8 Å². The van der Waals surface area contributed by atoms with Gasteiger partial charge in [-0.15, -0.1) is 0 Å². The van der Waals surface area contributed by atoms with E-state index in [0.29, 0.717) is 11.4 Å². The zero-order valence-corrected chi connectivity index (χ0v) is 10.8. The Bertz CT molecular complexity index is 624. The van der Waals surface area contributed by atoms with Crippen molar-refractivity contribution in [3.63, 3.8) is 0 Å². The predicted molar refractivity (Wildman–Crippen MR) is 73.9 cm³/mol. The Kier molecular flexibility index (Phi) is 2.90. The van der Waals surface area contributed by atoms with Gasteiger partial charge in [0.2, 0.25) is 0 Å². The van der Waals surface area contributed by atoms with Crippen molar-refractivity contribution in [1.29, 1.82) is 0 Å². The summed E-state index contributed by atoms with van der Waals surface area (Å²) in [6, 6.07) is 10.6. The molecule has 0 fully saturated rings. The second-order valence-electron chi connectivity index (χ2n) is 5.10. The molecule has 0 heterocycles. The maximum atomic E-state index is 13.8. The van der Waals surface area contributed by atoms with Crippen LogP contribution < -0.4 is 5.32 Å². The highest BCUT2D eigenvalue weighted by Gasteiger charge is 2.23. The third-order valence-electron chi connectivity index (χ3n) is 3.66. The van der Waals surface area contributed by atoms with Crippen LogP contribution in [-0.4, -0.2) is 5.11 Å². The summed E-state index contributed by atoms with van der Waals surface area (Å²) in [7, 11) is 0. The first-order valence-corrected chi connectivity index (χ1v) is 6.48. The maximum absolute atomic E-state index is 13.8. The number of rotatable bonds is 2. The number of phenols is 1. The van der Waals surface area contributed by atoms with E-state index in [9.17, 15) is 9.50 Å². The van der Waals surface area contributed by atoms with Gasteiger partial charge in [0, 0.05) is 0 Å². The van der Waals surface area contributed by atoms with Gasteiger partial charge < -0.3 is 10.4 Å². The minimum atomic E-state index is -0.224. The standard InChI is InChI=1S/C16H16FNO/c1-10-2-6-14(17)16(8-10)18-15-7-3-11-9-12(19)4-5-13(11)15/h2,4-6,8-9,15,18-19H,3,7H2,1H3. The second-order valence-corrected chi connectivity index (χ2v) is 5.10. The van der Waals surface area contributed by atoms with E-state index in [1.807, 2.05) is 19.1 Å². The van der Waals surface area contributed by atoms with Crippen LogP contribution in [-0.2, 0) is 6.42 Å². The molecule has 19 heavy (non-hydrogen) atoms. The van der Waals surface area contributed by atoms with Gasteiger partial charge in [-0.2, -0.15) is 0 Å². The van der Waals surface area contributed by atoms with E-state index in [2.05, 4.69) is 5.32 Å². The summed E-state index contributed by atoms with van der Waals surface area (Å²) in [5, 5.41) is 12.7. The highest BCUT2D eigenvalue weighted by Crippen LogP contribution is 2.36. The number of hydrogen-bond acceptors (Lipinski definition) is 2. The van der Waals surface area contributed by atoms with Gasteiger partial charge in [-0.05, 0) is 60.7 Å². The van der Waals surface area contributed by atoms with Gasteiger partial charge in [0.05, 0.1) is 11.7 Å². The molecule has 98 valence electrons. The molecule has 0 saturated carbocycles. The quantitative estimate of drug-likeness (QED) is 0.854. The number of halogens is 1. The summed E-state index contributed by atoms with van der Waals surface area (Å²) in [4.78, 5) is 0. The number of fused-ring (bicyclic) bond motifs is 1. The Hall–Kier alpha value is -2.03. The monoisotopic (exact) mass is 257 g/mol. The van der Waals surface area contributed by atoms with E-state index in [1.54, 1.807) is 18.2 Å². The van der Waals surface area contributed by atoms with Crippen molar-refractivity contribution in [3.05, 3.63) is 58.9 Å². The molecule has 3 heteroatoms. The predicted octanol–water partition coefficient (Wildman–Crippen LogP) is 3.94. The van der Waals surface area contributed by atoms with Gasteiger partial charge >= 0.3 is 0 Å². The summed E-state index contributed by atoms with van der Waals surface area (Å²) < 4.78 is 13.8. The Labute approximate surface area is 111 Å². The van der Waals surface area contributed by atoms with Crippen LogP contribution in [0.25, 0.3) is 0 Å². The van der Waals surface area contributed by atoms with Crippen LogP contribution in [0, 0.1) is 12.7 Å². The number of anilines is 1. The Morgan fingerprint density at radius 1 is 1.21 bits per heavy atom. The highest BCUT2D eigenvalue weighted by molar-refractivity contribution is 5.51. The number of hydrogen-bond donors (Lipinski definition) is 2. The molecule has 2 N–H and O–H groups in total. The minimum Gasteiger partial charge on any atom is -0.508 e. The lowest BCUT2D eigenvalue weighted by Gasteiger charge is -2.16. The molecular weight excluding hydrogens is 241 g/mol. The van der Waals surface area contributed by atoms with Gasteiger partial charge in [-0.1, -0.05) is 12.1 Å². The van der Waals surface area contributed by atoms with Crippen LogP contribution >= 0.6 is 0 Å². The molecule has 1 aliphatic rings. The highest BCUT2D eigenvalue weighted by atomic mass is 19.1. The summed E-state index contributed by atoms with van der Waals surface area (Å²) in [6.07, 6.45) is 1.83. The number of benzene rings is 2. The molecule has 0 amide bonds. The van der Waals surface area contributed by atoms with Gasteiger partial charge in [0.1, 0.15) is 11.6 Å². The van der Waals surface area contributed by atoms with Crippen LogP contribution in [0.1, 0.15) is 29.2 Å². The van der Waals surface area contributed by atoms with Crippen molar-refractivity contribution in [2.24, 2.45) is 0 Å². The van der Waals surface area contributed by atoms with Gasteiger partial charge in [-0.3, -0.25) is 0 Å². The molecule has 1 unspecified atom stereocenters. The SMILES string of the molecule is Cc1ccc(F)c(NC2CCc3cc(O)ccc32)c1.